The Bertz CT molecular complexity index is 311. The summed E-state index contributed by atoms with van der Waals surface area (Å²) in [6.45, 7) is 2.03. The molecule has 1 atom stereocenters. The maximum Gasteiger partial charge on any atom is 0.0466 e. The summed E-state index contributed by atoms with van der Waals surface area (Å²) < 4.78 is 6.03. The first-order chi connectivity index (χ1) is 16.0. The minimum Gasteiger partial charge on any atom is -0.381 e. The van der Waals surface area contributed by atoms with Crippen LogP contribution in [0.4, 0.5) is 0 Å². The Morgan fingerprint density at radius 3 is 0.875 bits per heavy atom. The lowest BCUT2D eigenvalue weighted by Gasteiger charge is -2.28. The van der Waals surface area contributed by atoms with Gasteiger partial charge in [0.2, 0.25) is 0 Å². The van der Waals surface area contributed by atoms with Gasteiger partial charge in [-0.1, -0.05) is 154 Å². The average molecular weight is 449 g/mol. The van der Waals surface area contributed by atoms with Crippen molar-refractivity contribution in [3.05, 3.63) is 0 Å². The molecule has 0 aromatic rings. The number of hydrogen-bond donors (Lipinski definition) is 0. The second kappa shape index (κ2) is 21.5. The molecule has 32 heavy (non-hydrogen) atoms. The van der Waals surface area contributed by atoms with Crippen LogP contribution < -0.4 is 0 Å². The molecule has 1 saturated heterocycles. The largest absolute Gasteiger partial charge is 0.381 e. The van der Waals surface area contributed by atoms with E-state index in [1.54, 1.807) is 0 Å². The van der Waals surface area contributed by atoms with E-state index in [1.807, 2.05) is 0 Å². The standard InChI is InChI=1S/C31H60O/c1-2-4-7-11-15-19-24-30(25-20-16-12-8-5-3-1)31-26-21-17-13-9-6-10-14-18-22-28-32-29-23-27-31/h30-31H,1-29H2. The second-order valence-electron chi connectivity index (χ2n) is 11.4. The molecule has 0 spiro atoms. The van der Waals surface area contributed by atoms with Gasteiger partial charge in [-0.15, -0.1) is 0 Å². The lowest BCUT2D eigenvalue weighted by Crippen LogP contribution is -2.17. The zero-order chi connectivity index (χ0) is 22.4. The Balaban J connectivity index is 1.83. The van der Waals surface area contributed by atoms with Gasteiger partial charge in [-0.05, 0) is 31.1 Å². The van der Waals surface area contributed by atoms with Crippen LogP contribution in [0.3, 0.4) is 0 Å². The van der Waals surface area contributed by atoms with Crippen molar-refractivity contribution < 1.29 is 4.74 Å². The normalized spacial score (nSPS) is 27.6. The molecule has 2 aliphatic rings. The van der Waals surface area contributed by atoms with Crippen LogP contribution in [0.15, 0.2) is 0 Å². The lowest BCUT2D eigenvalue weighted by atomic mass is 9.78. The molecule has 0 N–H and O–H groups in total. The van der Waals surface area contributed by atoms with Gasteiger partial charge < -0.3 is 4.74 Å². The molecule has 0 bridgehead atoms. The van der Waals surface area contributed by atoms with E-state index < -0.39 is 0 Å². The lowest BCUT2D eigenvalue weighted by molar-refractivity contribution is 0.116. The van der Waals surface area contributed by atoms with Gasteiger partial charge in [0, 0.05) is 13.2 Å². The van der Waals surface area contributed by atoms with Crippen LogP contribution in [0, 0.1) is 11.8 Å². The smallest absolute Gasteiger partial charge is 0.0466 e. The third-order valence-corrected chi connectivity index (χ3v) is 8.54. The monoisotopic (exact) mass is 448 g/mol. The first-order valence-electron chi connectivity index (χ1n) is 15.5. The minimum atomic E-state index is 0.977. The van der Waals surface area contributed by atoms with Crippen molar-refractivity contribution in [1.29, 1.82) is 0 Å². The Hall–Kier alpha value is -0.0400. The van der Waals surface area contributed by atoms with Crippen LogP contribution >= 0.6 is 0 Å². The van der Waals surface area contributed by atoms with Gasteiger partial charge in [-0.25, -0.2) is 0 Å². The Morgan fingerprint density at radius 1 is 0.250 bits per heavy atom. The molecule has 1 unspecified atom stereocenters. The van der Waals surface area contributed by atoms with Crippen molar-refractivity contribution in [2.75, 3.05) is 13.2 Å². The fraction of sp³-hybridized carbons (Fsp3) is 1.00. The predicted molar refractivity (Wildman–Crippen MR) is 142 cm³/mol. The third-order valence-electron chi connectivity index (χ3n) is 8.54. The number of rotatable bonds is 1. The topological polar surface area (TPSA) is 9.23 Å². The summed E-state index contributed by atoms with van der Waals surface area (Å²) >= 11 is 0. The summed E-state index contributed by atoms with van der Waals surface area (Å²) in [6, 6.07) is 0. The van der Waals surface area contributed by atoms with Crippen LogP contribution in [-0.2, 0) is 4.74 Å². The zero-order valence-electron chi connectivity index (χ0n) is 22.1. The molecular weight excluding hydrogens is 388 g/mol. The van der Waals surface area contributed by atoms with Crippen molar-refractivity contribution in [2.45, 2.75) is 173 Å². The molecule has 1 heteroatoms. The summed E-state index contributed by atoms with van der Waals surface area (Å²) in [5.41, 5.74) is 0. The zero-order valence-corrected chi connectivity index (χ0v) is 22.1. The van der Waals surface area contributed by atoms with Crippen LogP contribution in [0.2, 0.25) is 0 Å². The van der Waals surface area contributed by atoms with Crippen LogP contribution in [-0.4, -0.2) is 13.2 Å². The molecule has 2 rings (SSSR count). The highest BCUT2D eigenvalue weighted by Crippen LogP contribution is 2.33. The van der Waals surface area contributed by atoms with Gasteiger partial charge >= 0.3 is 0 Å². The van der Waals surface area contributed by atoms with Gasteiger partial charge in [-0.2, -0.15) is 0 Å². The molecule has 1 aliphatic heterocycles. The van der Waals surface area contributed by atoms with Gasteiger partial charge in [0.25, 0.3) is 0 Å². The highest BCUT2D eigenvalue weighted by Gasteiger charge is 2.21. The molecule has 2 fully saturated rings. The highest BCUT2D eigenvalue weighted by molar-refractivity contribution is 4.72. The number of ether oxygens (including phenoxy) is 1. The van der Waals surface area contributed by atoms with E-state index in [0.717, 1.165) is 25.0 Å². The van der Waals surface area contributed by atoms with Crippen molar-refractivity contribution in [3.8, 4) is 0 Å². The van der Waals surface area contributed by atoms with Crippen molar-refractivity contribution >= 4 is 0 Å². The summed E-state index contributed by atoms with van der Waals surface area (Å²) in [5, 5.41) is 0. The third kappa shape index (κ3) is 15.7. The molecule has 0 aromatic heterocycles. The summed E-state index contributed by atoms with van der Waals surface area (Å²) in [4.78, 5) is 0. The summed E-state index contributed by atoms with van der Waals surface area (Å²) in [5.74, 6) is 1.98. The molecule has 0 radical (unpaired) electrons. The summed E-state index contributed by atoms with van der Waals surface area (Å²) in [7, 11) is 0. The molecule has 1 nitrogen and oxygen atoms in total. The van der Waals surface area contributed by atoms with Crippen molar-refractivity contribution in [3.63, 3.8) is 0 Å². The molecule has 1 aliphatic carbocycles. The molecular formula is C31H60O. The van der Waals surface area contributed by atoms with Crippen molar-refractivity contribution in [2.24, 2.45) is 11.8 Å². The molecule has 0 aromatic carbocycles. The maximum atomic E-state index is 6.03. The summed E-state index contributed by atoms with van der Waals surface area (Å²) in [6.07, 6.45) is 39.6. The van der Waals surface area contributed by atoms with E-state index in [4.69, 9.17) is 4.74 Å². The quantitative estimate of drug-likeness (QED) is 0.387. The Labute approximate surface area is 203 Å². The van der Waals surface area contributed by atoms with Crippen LogP contribution in [0.25, 0.3) is 0 Å². The van der Waals surface area contributed by atoms with E-state index in [0.29, 0.717) is 0 Å². The minimum absolute atomic E-state index is 0.977. The van der Waals surface area contributed by atoms with E-state index in [-0.39, 0.29) is 0 Å². The van der Waals surface area contributed by atoms with Crippen LogP contribution in [0.5, 0.6) is 0 Å². The molecule has 190 valence electrons. The van der Waals surface area contributed by atoms with Gasteiger partial charge in [-0.3, -0.25) is 0 Å². The SMILES string of the molecule is C1CCCCCCCC(C2CCCCCCCCCCCOCCC2)CCCCCCC1. The maximum absolute atomic E-state index is 6.03. The van der Waals surface area contributed by atoms with Gasteiger partial charge in [0.1, 0.15) is 0 Å². The van der Waals surface area contributed by atoms with Crippen molar-refractivity contribution in [1.82, 2.24) is 0 Å². The molecule has 0 amide bonds. The van der Waals surface area contributed by atoms with Gasteiger partial charge in [0.15, 0.2) is 0 Å². The Morgan fingerprint density at radius 2 is 0.500 bits per heavy atom. The second-order valence-corrected chi connectivity index (χ2v) is 11.4. The first kappa shape index (κ1) is 28.2. The van der Waals surface area contributed by atoms with Gasteiger partial charge in [0.05, 0.1) is 0 Å². The number of hydrogen-bond acceptors (Lipinski definition) is 1. The molecule has 1 saturated carbocycles. The predicted octanol–water partition coefficient (Wildman–Crippen LogP) is 10.8. The average Bonchev–Trinajstić information content (AvgIpc) is 2.79. The first-order valence-corrected chi connectivity index (χ1v) is 15.5. The van der Waals surface area contributed by atoms with E-state index in [2.05, 4.69) is 0 Å². The highest BCUT2D eigenvalue weighted by atomic mass is 16.5. The Kier molecular flexibility index (Phi) is 18.9. The van der Waals surface area contributed by atoms with E-state index >= 15 is 0 Å². The van der Waals surface area contributed by atoms with E-state index in [1.165, 1.54) is 173 Å². The molecule has 1 heterocycles. The van der Waals surface area contributed by atoms with E-state index in [9.17, 15) is 0 Å². The van der Waals surface area contributed by atoms with Crippen LogP contribution in [0.1, 0.15) is 173 Å². The fourth-order valence-electron chi connectivity index (χ4n) is 6.39. The fourth-order valence-corrected chi connectivity index (χ4v) is 6.39.